The number of thiophene rings is 1. The molecule has 0 aromatic carbocycles. The molecule has 1 aliphatic rings. The van der Waals surface area contributed by atoms with Crippen LogP contribution in [0.15, 0.2) is 34.4 Å². The summed E-state index contributed by atoms with van der Waals surface area (Å²) in [5.74, 6) is 0. The van der Waals surface area contributed by atoms with Crippen molar-refractivity contribution in [2.45, 2.75) is 6.92 Å². The van der Waals surface area contributed by atoms with Gasteiger partial charge < -0.3 is 0 Å². The minimum Gasteiger partial charge on any atom is -0.158 e. The van der Waals surface area contributed by atoms with Crippen molar-refractivity contribution in [2.75, 3.05) is 0 Å². The maximum absolute atomic E-state index is 4.02. The van der Waals surface area contributed by atoms with Gasteiger partial charge in [-0.3, -0.25) is 0 Å². The predicted octanol–water partition coefficient (Wildman–Crippen LogP) is 1.97. The summed E-state index contributed by atoms with van der Waals surface area (Å²) < 4.78 is 0. The molecule has 3 heteroatoms. The highest BCUT2D eigenvalue weighted by molar-refractivity contribution is 7.12. The Labute approximate surface area is 69.3 Å². The van der Waals surface area contributed by atoms with Gasteiger partial charge >= 0.3 is 0 Å². The van der Waals surface area contributed by atoms with E-state index in [1.165, 1.54) is 4.88 Å². The minimum atomic E-state index is 1.01. The Morgan fingerprint density at radius 3 is 2.91 bits per heavy atom. The molecule has 0 N–H and O–H groups in total. The standard InChI is InChI=1S/C8H7N2S/c1-6-5-9-10-8(6)7-3-2-4-11-7/h2-5H,1H3. The van der Waals surface area contributed by atoms with E-state index in [0.717, 1.165) is 11.3 Å². The normalized spacial score (nSPS) is 15.7. The summed E-state index contributed by atoms with van der Waals surface area (Å²) in [7, 11) is 0. The number of nitrogens with zero attached hydrogens (tertiary/aromatic N) is 2. The molecule has 0 bridgehead atoms. The van der Waals surface area contributed by atoms with Crippen LogP contribution in [0.3, 0.4) is 0 Å². The molecule has 0 unspecified atom stereocenters. The maximum Gasteiger partial charge on any atom is 0.107 e. The average molecular weight is 163 g/mol. The van der Waals surface area contributed by atoms with Gasteiger partial charge in [0.1, 0.15) is 5.71 Å². The highest BCUT2D eigenvalue weighted by atomic mass is 32.1. The molecule has 1 aromatic rings. The highest BCUT2D eigenvalue weighted by Crippen LogP contribution is 2.17. The van der Waals surface area contributed by atoms with Crippen molar-refractivity contribution < 1.29 is 0 Å². The molecule has 0 saturated carbocycles. The van der Waals surface area contributed by atoms with Crippen molar-refractivity contribution in [3.8, 4) is 0 Å². The van der Waals surface area contributed by atoms with E-state index in [-0.39, 0.29) is 0 Å². The fourth-order valence-electron chi connectivity index (χ4n) is 0.970. The first-order valence-electron chi connectivity index (χ1n) is 3.37. The Morgan fingerprint density at radius 2 is 2.36 bits per heavy atom. The van der Waals surface area contributed by atoms with E-state index in [9.17, 15) is 0 Å². The van der Waals surface area contributed by atoms with Crippen LogP contribution in [-0.4, -0.2) is 5.71 Å². The van der Waals surface area contributed by atoms with Crippen LogP contribution in [0.5, 0.6) is 0 Å². The second-order valence-corrected chi connectivity index (χ2v) is 3.30. The van der Waals surface area contributed by atoms with E-state index in [2.05, 4.69) is 16.6 Å². The predicted molar refractivity (Wildman–Crippen MR) is 46.7 cm³/mol. The fourth-order valence-corrected chi connectivity index (χ4v) is 1.74. The Kier molecular flexibility index (Phi) is 1.51. The fraction of sp³-hybridized carbons (Fsp3) is 0.125. The van der Waals surface area contributed by atoms with Crippen LogP contribution in [0.25, 0.3) is 0 Å². The van der Waals surface area contributed by atoms with Gasteiger partial charge in [0, 0.05) is 0 Å². The van der Waals surface area contributed by atoms with Gasteiger partial charge in [0.15, 0.2) is 0 Å². The zero-order valence-corrected chi connectivity index (χ0v) is 6.93. The Bertz CT molecular complexity index is 309. The van der Waals surface area contributed by atoms with Crippen LogP contribution in [-0.2, 0) is 0 Å². The third kappa shape index (κ3) is 1.07. The Balaban J connectivity index is 2.38. The first-order valence-corrected chi connectivity index (χ1v) is 4.25. The minimum absolute atomic E-state index is 1.01. The summed E-state index contributed by atoms with van der Waals surface area (Å²) in [4.78, 5) is 1.19. The Morgan fingerprint density at radius 1 is 1.45 bits per heavy atom. The van der Waals surface area contributed by atoms with Gasteiger partial charge in [-0.25, -0.2) is 0 Å². The van der Waals surface area contributed by atoms with E-state index >= 15 is 0 Å². The van der Waals surface area contributed by atoms with Crippen molar-refractivity contribution >= 4 is 17.0 Å². The quantitative estimate of drug-likeness (QED) is 0.605. The molecule has 2 nitrogen and oxygen atoms in total. The topological polar surface area (TPSA) is 26.5 Å². The summed E-state index contributed by atoms with van der Waals surface area (Å²) in [6.45, 7) is 2.02. The molecule has 55 valence electrons. The molecule has 1 aliphatic heterocycles. The van der Waals surface area contributed by atoms with Crippen LogP contribution in [0.1, 0.15) is 11.8 Å². The lowest BCUT2D eigenvalue weighted by molar-refractivity contribution is 0.971. The third-order valence-corrected chi connectivity index (χ3v) is 2.41. The zero-order chi connectivity index (χ0) is 7.68. The molecule has 0 saturated heterocycles. The summed E-state index contributed by atoms with van der Waals surface area (Å²) >= 11 is 1.69. The van der Waals surface area contributed by atoms with Crippen molar-refractivity contribution in [1.29, 1.82) is 0 Å². The van der Waals surface area contributed by atoms with Crippen molar-refractivity contribution in [1.82, 2.24) is 5.43 Å². The van der Waals surface area contributed by atoms with Crippen molar-refractivity contribution in [2.24, 2.45) is 5.10 Å². The molecule has 0 amide bonds. The molecule has 1 aromatic heterocycles. The lowest BCUT2D eigenvalue weighted by Crippen LogP contribution is -1.95. The van der Waals surface area contributed by atoms with Crippen LogP contribution >= 0.6 is 11.3 Å². The van der Waals surface area contributed by atoms with Gasteiger partial charge in [-0.2, -0.15) is 5.43 Å². The number of hydrogen-bond donors (Lipinski definition) is 0. The van der Waals surface area contributed by atoms with Gasteiger partial charge in [0.05, 0.1) is 11.1 Å². The van der Waals surface area contributed by atoms with E-state index in [1.54, 1.807) is 17.5 Å². The van der Waals surface area contributed by atoms with Crippen LogP contribution in [0.4, 0.5) is 0 Å². The summed E-state index contributed by atoms with van der Waals surface area (Å²) in [5.41, 5.74) is 5.99. The molecule has 11 heavy (non-hydrogen) atoms. The number of hydrogen-bond acceptors (Lipinski definition) is 2. The SMILES string of the molecule is CC1=C[N]N=C1c1cccs1. The van der Waals surface area contributed by atoms with Crippen LogP contribution in [0, 0.1) is 0 Å². The highest BCUT2D eigenvalue weighted by Gasteiger charge is 2.11. The number of allylic oxidation sites excluding steroid dienone is 1. The van der Waals surface area contributed by atoms with Gasteiger partial charge in [-0.15, -0.1) is 16.4 Å². The zero-order valence-electron chi connectivity index (χ0n) is 6.11. The first-order chi connectivity index (χ1) is 5.38. The molecule has 2 heterocycles. The van der Waals surface area contributed by atoms with E-state index < -0.39 is 0 Å². The second kappa shape index (κ2) is 2.51. The largest absolute Gasteiger partial charge is 0.158 e. The lowest BCUT2D eigenvalue weighted by Gasteiger charge is -1.93. The summed E-state index contributed by atoms with van der Waals surface area (Å²) in [5, 5.41) is 6.06. The lowest BCUT2D eigenvalue weighted by atomic mass is 10.2. The van der Waals surface area contributed by atoms with Gasteiger partial charge in [-0.05, 0) is 23.9 Å². The van der Waals surface area contributed by atoms with Gasteiger partial charge in [0.2, 0.25) is 0 Å². The van der Waals surface area contributed by atoms with Crippen molar-refractivity contribution in [3.63, 3.8) is 0 Å². The van der Waals surface area contributed by atoms with Crippen LogP contribution < -0.4 is 5.43 Å². The number of rotatable bonds is 1. The molecular formula is C8H7N2S. The van der Waals surface area contributed by atoms with Gasteiger partial charge in [0.25, 0.3) is 0 Å². The van der Waals surface area contributed by atoms with E-state index in [4.69, 9.17) is 0 Å². The smallest absolute Gasteiger partial charge is 0.107 e. The molecule has 0 fully saturated rings. The van der Waals surface area contributed by atoms with Crippen LogP contribution in [0.2, 0.25) is 0 Å². The maximum atomic E-state index is 4.02. The molecule has 1 radical (unpaired) electrons. The monoisotopic (exact) mass is 163 g/mol. The summed E-state index contributed by atoms with van der Waals surface area (Å²) in [6, 6.07) is 4.08. The average Bonchev–Trinajstić information content (AvgIpc) is 2.55. The molecule has 0 atom stereocenters. The first kappa shape index (κ1) is 6.61. The molecule has 2 rings (SSSR count). The van der Waals surface area contributed by atoms with E-state index in [1.807, 2.05) is 18.4 Å². The second-order valence-electron chi connectivity index (χ2n) is 2.35. The molecule has 0 aliphatic carbocycles. The van der Waals surface area contributed by atoms with E-state index in [0.29, 0.717) is 0 Å². The Hall–Kier alpha value is -1.09. The van der Waals surface area contributed by atoms with Crippen molar-refractivity contribution in [3.05, 3.63) is 34.2 Å². The molecular weight excluding hydrogens is 156 g/mol. The summed E-state index contributed by atoms with van der Waals surface area (Å²) in [6.07, 6.45) is 1.79. The third-order valence-electron chi connectivity index (χ3n) is 1.54. The van der Waals surface area contributed by atoms with Gasteiger partial charge in [-0.1, -0.05) is 6.07 Å². The molecule has 0 spiro atoms.